The van der Waals surface area contributed by atoms with Crippen molar-refractivity contribution in [3.63, 3.8) is 0 Å². The lowest BCUT2D eigenvalue weighted by molar-refractivity contribution is -0.130. The third-order valence-corrected chi connectivity index (χ3v) is 4.41. The van der Waals surface area contributed by atoms with Crippen LogP contribution in [0.25, 0.3) is 0 Å². The minimum Gasteiger partial charge on any atom is -0.381 e. The normalized spacial score (nSPS) is 16.1. The topological polar surface area (TPSA) is 38.3 Å². The van der Waals surface area contributed by atoms with E-state index in [0.717, 1.165) is 50.7 Å². The van der Waals surface area contributed by atoms with Gasteiger partial charge in [-0.25, -0.2) is 4.39 Å². The van der Waals surface area contributed by atoms with Crippen molar-refractivity contribution in [3.05, 3.63) is 35.6 Å². The molecule has 0 unspecified atom stereocenters. The van der Waals surface area contributed by atoms with Crippen LogP contribution in [0, 0.1) is 5.82 Å². The first kappa shape index (κ1) is 16.9. The van der Waals surface area contributed by atoms with E-state index in [1.165, 1.54) is 12.1 Å². The molecule has 3 nitrogen and oxygen atoms in total. The maximum atomic E-state index is 13.4. The van der Waals surface area contributed by atoms with Crippen LogP contribution in [0.15, 0.2) is 24.3 Å². The van der Waals surface area contributed by atoms with Crippen LogP contribution in [0.4, 0.5) is 4.39 Å². The van der Waals surface area contributed by atoms with Crippen molar-refractivity contribution >= 4 is 5.91 Å². The molecular formula is C18H26FNO2. The summed E-state index contributed by atoms with van der Waals surface area (Å²) in [6, 6.07) is 6.45. The highest BCUT2D eigenvalue weighted by atomic mass is 19.1. The molecule has 0 heterocycles. The highest BCUT2D eigenvalue weighted by Crippen LogP contribution is 2.44. The van der Waals surface area contributed by atoms with Crippen molar-refractivity contribution in [3.8, 4) is 0 Å². The SMILES string of the molecule is CCCCOCCCNC(=O)C1(c2cccc(F)c2)CCC1. The van der Waals surface area contributed by atoms with E-state index in [1.54, 1.807) is 6.07 Å². The number of hydrogen-bond acceptors (Lipinski definition) is 2. The van der Waals surface area contributed by atoms with Gasteiger partial charge in [-0.15, -0.1) is 0 Å². The van der Waals surface area contributed by atoms with E-state index in [2.05, 4.69) is 12.2 Å². The first-order valence-electron chi connectivity index (χ1n) is 8.31. The molecule has 1 aromatic rings. The summed E-state index contributed by atoms with van der Waals surface area (Å²) in [6.45, 7) is 4.21. The summed E-state index contributed by atoms with van der Waals surface area (Å²) < 4.78 is 18.9. The van der Waals surface area contributed by atoms with Gasteiger partial charge >= 0.3 is 0 Å². The predicted octanol–water partition coefficient (Wildman–Crippen LogP) is 3.57. The van der Waals surface area contributed by atoms with Crippen molar-refractivity contribution in [1.82, 2.24) is 5.32 Å². The van der Waals surface area contributed by atoms with Crippen LogP contribution in [0.1, 0.15) is 51.0 Å². The Kier molecular flexibility index (Phi) is 6.37. The molecule has 22 heavy (non-hydrogen) atoms. The maximum Gasteiger partial charge on any atom is 0.230 e. The molecule has 0 aliphatic heterocycles. The molecule has 1 aliphatic carbocycles. The van der Waals surface area contributed by atoms with Crippen LogP contribution in [0.3, 0.4) is 0 Å². The zero-order valence-electron chi connectivity index (χ0n) is 13.4. The van der Waals surface area contributed by atoms with Crippen LogP contribution in [-0.2, 0) is 14.9 Å². The molecular weight excluding hydrogens is 281 g/mol. The lowest BCUT2D eigenvalue weighted by atomic mass is 9.64. The molecule has 1 N–H and O–H groups in total. The van der Waals surface area contributed by atoms with Crippen molar-refractivity contribution in [2.75, 3.05) is 19.8 Å². The second-order valence-corrected chi connectivity index (χ2v) is 6.02. The average molecular weight is 307 g/mol. The molecule has 1 amide bonds. The number of halogens is 1. The fourth-order valence-electron chi connectivity index (χ4n) is 2.86. The fraction of sp³-hybridized carbons (Fsp3) is 0.611. The molecule has 2 rings (SSSR count). The van der Waals surface area contributed by atoms with E-state index < -0.39 is 5.41 Å². The minimum atomic E-state index is -0.523. The van der Waals surface area contributed by atoms with Gasteiger partial charge < -0.3 is 10.1 Å². The van der Waals surface area contributed by atoms with Crippen LogP contribution in [0.5, 0.6) is 0 Å². The molecule has 4 heteroatoms. The number of unbranched alkanes of at least 4 members (excludes halogenated alkanes) is 1. The standard InChI is InChI=1S/C18H26FNO2/c1-2-3-12-22-13-6-11-20-17(21)18(9-5-10-18)15-7-4-8-16(19)14-15/h4,7-8,14H,2-3,5-6,9-13H2,1H3,(H,20,21). The number of carbonyl (C=O) groups excluding carboxylic acids is 1. The quantitative estimate of drug-likeness (QED) is 0.708. The molecule has 0 atom stereocenters. The Morgan fingerprint density at radius 3 is 2.73 bits per heavy atom. The number of benzene rings is 1. The Balaban J connectivity index is 1.80. The highest BCUT2D eigenvalue weighted by Gasteiger charge is 2.45. The first-order chi connectivity index (χ1) is 10.7. The van der Waals surface area contributed by atoms with Gasteiger partial charge in [-0.3, -0.25) is 4.79 Å². The van der Waals surface area contributed by atoms with Gasteiger partial charge in [0.15, 0.2) is 0 Å². The summed E-state index contributed by atoms with van der Waals surface area (Å²) in [4.78, 5) is 12.5. The van der Waals surface area contributed by atoms with Crippen molar-refractivity contribution < 1.29 is 13.9 Å². The van der Waals surface area contributed by atoms with Crippen LogP contribution in [0.2, 0.25) is 0 Å². The molecule has 1 fully saturated rings. The van der Waals surface area contributed by atoms with Gasteiger partial charge in [-0.05, 0) is 43.4 Å². The van der Waals surface area contributed by atoms with E-state index in [1.807, 2.05) is 6.07 Å². The zero-order valence-corrected chi connectivity index (χ0v) is 13.4. The highest BCUT2D eigenvalue weighted by molar-refractivity contribution is 5.89. The zero-order chi connectivity index (χ0) is 15.8. The Bertz CT molecular complexity index is 486. The van der Waals surface area contributed by atoms with Crippen molar-refractivity contribution in [2.45, 2.75) is 50.9 Å². The predicted molar refractivity (Wildman–Crippen MR) is 85.3 cm³/mol. The van der Waals surface area contributed by atoms with E-state index in [-0.39, 0.29) is 11.7 Å². The smallest absolute Gasteiger partial charge is 0.230 e. The van der Waals surface area contributed by atoms with Crippen LogP contribution >= 0.6 is 0 Å². The first-order valence-corrected chi connectivity index (χ1v) is 8.31. The van der Waals surface area contributed by atoms with E-state index >= 15 is 0 Å². The second kappa shape index (κ2) is 8.28. The Morgan fingerprint density at radius 1 is 1.32 bits per heavy atom. The van der Waals surface area contributed by atoms with Gasteiger partial charge in [-0.2, -0.15) is 0 Å². The number of carbonyl (C=O) groups is 1. The third-order valence-electron chi connectivity index (χ3n) is 4.41. The number of hydrogen-bond donors (Lipinski definition) is 1. The summed E-state index contributed by atoms with van der Waals surface area (Å²) in [5, 5.41) is 2.99. The molecule has 122 valence electrons. The lowest BCUT2D eigenvalue weighted by Gasteiger charge is -2.40. The van der Waals surface area contributed by atoms with E-state index in [4.69, 9.17) is 4.74 Å². The molecule has 1 saturated carbocycles. The monoisotopic (exact) mass is 307 g/mol. The molecule has 0 aromatic heterocycles. The molecule has 1 aliphatic rings. The number of rotatable bonds is 9. The van der Waals surface area contributed by atoms with Gasteiger partial charge in [-0.1, -0.05) is 31.9 Å². The summed E-state index contributed by atoms with van der Waals surface area (Å²) in [6.07, 6.45) is 5.64. The van der Waals surface area contributed by atoms with Gasteiger partial charge in [0, 0.05) is 19.8 Å². The van der Waals surface area contributed by atoms with Gasteiger partial charge in [0.05, 0.1) is 5.41 Å². The van der Waals surface area contributed by atoms with Gasteiger partial charge in [0.1, 0.15) is 5.82 Å². The van der Waals surface area contributed by atoms with Crippen LogP contribution in [-0.4, -0.2) is 25.7 Å². The minimum absolute atomic E-state index is 0.0258. The summed E-state index contributed by atoms with van der Waals surface area (Å²) in [7, 11) is 0. The maximum absolute atomic E-state index is 13.4. The molecule has 0 radical (unpaired) electrons. The molecule has 1 aromatic carbocycles. The number of amides is 1. The van der Waals surface area contributed by atoms with Gasteiger partial charge in [0.25, 0.3) is 0 Å². The summed E-state index contributed by atoms with van der Waals surface area (Å²) in [5.41, 5.74) is 0.279. The fourth-order valence-corrected chi connectivity index (χ4v) is 2.86. The average Bonchev–Trinajstić information content (AvgIpc) is 2.45. The van der Waals surface area contributed by atoms with Crippen molar-refractivity contribution in [2.24, 2.45) is 0 Å². The second-order valence-electron chi connectivity index (χ2n) is 6.02. The van der Waals surface area contributed by atoms with E-state index in [9.17, 15) is 9.18 Å². The van der Waals surface area contributed by atoms with Crippen LogP contribution < -0.4 is 5.32 Å². The van der Waals surface area contributed by atoms with E-state index in [0.29, 0.717) is 13.2 Å². The Morgan fingerprint density at radius 2 is 2.09 bits per heavy atom. The largest absolute Gasteiger partial charge is 0.381 e. The summed E-state index contributed by atoms with van der Waals surface area (Å²) in [5.74, 6) is -0.251. The lowest BCUT2D eigenvalue weighted by Crippen LogP contribution is -2.49. The molecule has 0 spiro atoms. The number of nitrogens with one attached hydrogen (secondary N) is 1. The molecule has 0 bridgehead atoms. The molecule has 0 saturated heterocycles. The van der Waals surface area contributed by atoms with Crippen molar-refractivity contribution in [1.29, 1.82) is 0 Å². The number of ether oxygens (including phenoxy) is 1. The summed E-state index contributed by atoms with van der Waals surface area (Å²) >= 11 is 0. The third kappa shape index (κ3) is 4.07. The Hall–Kier alpha value is -1.42. The van der Waals surface area contributed by atoms with Gasteiger partial charge in [0.2, 0.25) is 5.91 Å². The Labute approximate surface area is 132 Å².